The fourth-order valence-corrected chi connectivity index (χ4v) is 3.43. The molecule has 0 atom stereocenters. The fourth-order valence-electron chi connectivity index (χ4n) is 3.43. The Balaban J connectivity index is 1.49. The van der Waals surface area contributed by atoms with Crippen LogP contribution in [0, 0.1) is 5.82 Å². The summed E-state index contributed by atoms with van der Waals surface area (Å²) in [6.07, 6.45) is -3.09. The zero-order valence-corrected chi connectivity index (χ0v) is 17.6. The third kappa shape index (κ3) is 4.61. The summed E-state index contributed by atoms with van der Waals surface area (Å²) in [4.78, 5) is 20.5. The molecule has 7 nitrogen and oxygen atoms in total. The number of hydrogen-bond donors (Lipinski definition) is 2. The van der Waals surface area contributed by atoms with Crippen molar-refractivity contribution in [2.45, 2.75) is 6.18 Å². The topological polar surface area (TPSA) is 73.1 Å². The average molecular weight is 461 g/mol. The lowest BCUT2D eigenvalue weighted by Gasteiger charge is -2.31. The van der Waals surface area contributed by atoms with E-state index in [0.29, 0.717) is 36.1 Å². The monoisotopic (exact) mass is 461 g/mol. The van der Waals surface area contributed by atoms with Crippen LogP contribution in [0.2, 0.25) is 0 Å². The van der Waals surface area contributed by atoms with Gasteiger partial charge in [0.05, 0.1) is 22.7 Å². The van der Waals surface area contributed by atoms with Gasteiger partial charge in [0.2, 0.25) is 5.55 Å². The maximum Gasteiger partial charge on any atom is 0.416 e. The van der Waals surface area contributed by atoms with Crippen LogP contribution in [0.4, 0.5) is 39.4 Å². The van der Waals surface area contributed by atoms with Gasteiger partial charge in [0.25, 0.3) is 0 Å². The number of fused-ring (bicyclic) bond motifs is 1. The number of furan rings is 1. The summed E-state index contributed by atoms with van der Waals surface area (Å²) < 4.78 is 57.8. The minimum absolute atomic E-state index is 0.329. The molecule has 0 unspecified atom stereocenters. The van der Waals surface area contributed by atoms with Gasteiger partial charge in [-0.1, -0.05) is 0 Å². The molecule has 3 aromatic rings. The minimum atomic E-state index is -4.66. The highest BCUT2D eigenvalue weighted by Gasteiger charge is 2.31. The Kier molecular flexibility index (Phi) is 5.71. The van der Waals surface area contributed by atoms with Crippen molar-refractivity contribution < 1.29 is 26.8 Å². The van der Waals surface area contributed by atoms with E-state index in [1.165, 1.54) is 0 Å². The van der Waals surface area contributed by atoms with Crippen LogP contribution in [0.5, 0.6) is 0 Å². The summed E-state index contributed by atoms with van der Waals surface area (Å²) in [6.45, 7) is 0.329. The molecular formula is C22H19F4N5O2. The zero-order chi connectivity index (χ0) is 23.8. The van der Waals surface area contributed by atoms with Crippen LogP contribution in [0.25, 0.3) is 5.82 Å². The third-order valence-corrected chi connectivity index (χ3v) is 4.90. The number of carbonyl (C=O) groups excluding carboxylic acids is 1. The Hall–Kier alpha value is -4.02. The molecule has 2 heterocycles. The van der Waals surface area contributed by atoms with Crippen LogP contribution < -0.4 is 26.3 Å². The molecule has 4 rings (SSSR count). The number of nitrogens with zero attached hydrogens (tertiary/aromatic N) is 3. The Morgan fingerprint density at radius 1 is 1.09 bits per heavy atom. The number of halogens is 4. The maximum atomic E-state index is 13.9. The van der Waals surface area contributed by atoms with E-state index >= 15 is 0 Å². The van der Waals surface area contributed by atoms with E-state index in [9.17, 15) is 22.4 Å². The van der Waals surface area contributed by atoms with Crippen molar-refractivity contribution >= 4 is 28.9 Å². The first-order valence-corrected chi connectivity index (χ1v) is 9.75. The summed E-state index contributed by atoms with van der Waals surface area (Å²) in [5, 5.41) is 5.43. The second kappa shape index (κ2) is 8.49. The highest BCUT2D eigenvalue weighted by Crippen LogP contribution is 2.32. The Bertz CT molecular complexity index is 1300. The van der Waals surface area contributed by atoms with Crippen LogP contribution >= 0.6 is 0 Å². The maximum absolute atomic E-state index is 13.9. The molecule has 0 saturated heterocycles. The Morgan fingerprint density at radius 2 is 1.82 bits per heavy atom. The first kappa shape index (κ1) is 22.2. The second-order valence-electron chi connectivity index (χ2n) is 7.40. The lowest BCUT2D eigenvalue weighted by Crippen LogP contribution is -2.43. The lowest BCUT2D eigenvalue weighted by molar-refractivity contribution is -0.137. The van der Waals surface area contributed by atoms with Crippen molar-refractivity contribution in [3.63, 3.8) is 0 Å². The summed E-state index contributed by atoms with van der Waals surface area (Å²) in [6, 6.07) is 9.50. The van der Waals surface area contributed by atoms with Gasteiger partial charge in [-0.25, -0.2) is 14.2 Å². The van der Waals surface area contributed by atoms with Gasteiger partial charge in [-0.3, -0.25) is 0 Å². The molecule has 1 aliphatic heterocycles. The van der Waals surface area contributed by atoms with Gasteiger partial charge in [-0.2, -0.15) is 13.2 Å². The standard InChI is InChI=1S/C22H19F4N5O2/c1-30(2)20-16-9-10-33-19(16)27-12-31(20)15-6-4-14(5-7-15)28-21(32)29-18-11-13(22(24,25)26)3-8-17(18)23/h3-11H,12H2,1-2H3,(H2,28,29,32). The molecule has 0 aliphatic carbocycles. The molecule has 1 aliphatic rings. The molecule has 0 fully saturated rings. The van der Waals surface area contributed by atoms with Crippen LogP contribution in [0.3, 0.4) is 0 Å². The van der Waals surface area contributed by atoms with Crippen molar-refractivity contribution in [2.24, 2.45) is 4.99 Å². The predicted octanol–water partition coefficient (Wildman–Crippen LogP) is 3.81. The first-order valence-electron chi connectivity index (χ1n) is 9.75. The molecule has 2 N–H and O–H groups in total. The molecule has 11 heteroatoms. The van der Waals surface area contributed by atoms with Crippen molar-refractivity contribution in [1.29, 1.82) is 0 Å². The quantitative estimate of drug-likeness (QED) is 0.580. The van der Waals surface area contributed by atoms with E-state index in [0.717, 1.165) is 16.7 Å². The Labute approximate surface area is 185 Å². The smallest absolute Gasteiger partial charge is 0.416 e. The number of rotatable bonds is 4. The third-order valence-electron chi connectivity index (χ3n) is 4.90. The largest absolute Gasteiger partial charge is 0.446 e. The minimum Gasteiger partial charge on any atom is -0.446 e. The lowest BCUT2D eigenvalue weighted by atomic mass is 10.2. The highest BCUT2D eigenvalue weighted by molar-refractivity contribution is 6.00. The number of carbonyl (C=O) groups is 1. The molecule has 0 saturated carbocycles. The number of urea groups is 1. The van der Waals surface area contributed by atoms with E-state index in [1.54, 1.807) is 30.5 Å². The number of benzene rings is 2. The van der Waals surface area contributed by atoms with Crippen LogP contribution in [0.15, 0.2) is 64.2 Å². The Morgan fingerprint density at radius 3 is 2.48 bits per heavy atom. The van der Waals surface area contributed by atoms with Gasteiger partial charge in [0, 0.05) is 25.5 Å². The summed E-state index contributed by atoms with van der Waals surface area (Å²) in [5.74, 6) is -0.0973. The predicted molar refractivity (Wildman–Crippen MR) is 114 cm³/mol. The number of amides is 2. The molecule has 2 aromatic carbocycles. The van der Waals surface area contributed by atoms with Gasteiger partial charge < -0.3 is 24.9 Å². The molecule has 0 spiro atoms. The van der Waals surface area contributed by atoms with E-state index in [-0.39, 0.29) is 0 Å². The number of alkyl halides is 3. The van der Waals surface area contributed by atoms with Gasteiger partial charge in [-0.15, -0.1) is 0 Å². The molecule has 33 heavy (non-hydrogen) atoms. The van der Waals surface area contributed by atoms with E-state index in [1.807, 2.05) is 30.0 Å². The molecule has 1 aromatic heterocycles. The normalized spacial score (nSPS) is 13.3. The SMILES string of the molecule is CN(C)C1=c2ccoc2=NCN1c1ccc(NC(=O)Nc2cc(C(F)(F)F)ccc2F)cc1. The van der Waals surface area contributed by atoms with Gasteiger partial charge in [0.15, 0.2) is 0 Å². The molecule has 2 amide bonds. The fraction of sp³-hybridized carbons (Fsp3) is 0.182. The summed E-state index contributed by atoms with van der Waals surface area (Å²) >= 11 is 0. The van der Waals surface area contributed by atoms with Crippen molar-refractivity contribution in [3.8, 4) is 0 Å². The van der Waals surface area contributed by atoms with E-state index in [4.69, 9.17) is 4.42 Å². The highest BCUT2D eigenvalue weighted by atomic mass is 19.4. The van der Waals surface area contributed by atoms with Gasteiger partial charge in [-0.05, 0) is 48.5 Å². The number of anilines is 3. The summed E-state index contributed by atoms with van der Waals surface area (Å²) in [5.41, 5.74) is 0.0724. The van der Waals surface area contributed by atoms with Gasteiger partial charge >= 0.3 is 12.2 Å². The molecular weight excluding hydrogens is 442 g/mol. The van der Waals surface area contributed by atoms with Gasteiger partial charge in [0.1, 0.15) is 18.3 Å². The van der Waals surface area contributed by atoms with Crippen LogP contribution in [-0.4, -0.2) is 31.7 Å². The van der Waals surface area contributed by atoms with Crippen LogP contribution in [0.1, 0.15) is 5.56 Å². The van der Waals surface area contributed by atoms with Crippen molar-refractivity contribution in [3.05, 3.63) is 76.9 Å². The van der Waals surface area contributed by atoms with Crippen LogP contribution in [-0.2, 0) is 6.18 Å². The van der Waals surface area contributed by atoms with Crippen molar-refractivity contribution in [1.82, 2.24) is 4.90 Å². The van der Waals surface area contributed by atoms with E-state index in [2.05, 4.69) is 15.6 Å². The molecule has 0 bridgehead atoms. The first-order chi connectivity index (χ1) is 15.6. The zero-order valence-electron chi connectivity index (χ0n) is 17.6. The van der Waals surface area contributed by atoms with Crippen molar-refractivity contribution in [2.75, 3.05) is 36.3 Å². The average Bonchev–Trinajstić information content (AvgIpc) is 3.23. The number of nitrogens with one attached hydrogen (secondary N) is 2. The summed E-state index contributed by atoms with van der Waals surface area (Å²) in [7, 11) is 3.80. The second-order valence-corrected chi connectivity index (χ2v) is 7.40. The van der Waals surface area contributed by atoms with E-state index < -0.39 is 29.3 Å². The molecule has 172 valence electrons. The molecule has 0 radical (unpaired) electrons. The number of hydrogen-bond acceptors (Lipinski definition) is 5.